The van der Waals surface area contributed by atoms with Gasteiger partial charge in [-0.3, -0.25) is 9.59 Å². The van der Waals surface area contributed by atoms with Crippen molar-refractivity contribution in [2.75, 3.05) is 7.11 Å². The summed E-state index contributed by atoms with van der Waals surface area (Å²) in [6.45, 7) is 1.26. The minimum Gasteiger partial charge on any atom is -0.469 e. The van der Waals surface area contributed by atoms with Gasteiger partial charge in [-0.05, 0) is 13.3 Å². The molecule has 1 aliphatic rings. The minimum atomic E-state index is -4.95. The van der Waals surface area contributed by atoms with Crippen LogP contribution in [-0.4, -0.2) is 29.4 Å². The molecule has 7 heteroatoms. The number of hydrogen-bond acceptors (Lipinski definition) is 3. The molecule has 0 radical (unpaired) electrons. The number of rotatable bonds is 2. The molecule has 0 spiro atoms. The molecule has 1 saturated carbocycles. The molecule has 1 fully saturated rings. The molecule has 15 heavy (non-hydrogen) atoms. The number of carbonyl (C=O) groups is 2. The number of esters is 1. The van der Waals surface area contributed by atoms with Gasteiger partial charge in [-0.15, -0.1) is 0 Å². The van der Waals surface area contributed by atoms with Crippen molar-refractivity contribution in [3.8, 4) is 0 Å². The van der Waals surface area contributed by atoms with E-state index >= 15 is 0 Å². The zero-order chi connectivity index (χ0) is 12.1. The lowest BCUT2D eigenvalue weighted by molar-refractivity contribution is -0.172. The summed E-state index contributed by atoms with van der Waals surface area (Å²) in [5, 5.41) is 0. The van der Waals surface area contributed by atoms with Gasteiger partial charge in [0.1, 0.15) is 4.32 Å². The third-order valence-corrected chi connectivity index (χ3v) is 4.12. The van der Waals surface area contributed by atoms with Crippen molar-refractivity contribution in [2.24, 2.45) is 5.41 Å². The number of Topliss-reactive ketones (excluding diaryl/α,β-unsaturated/α-hetero) is 1. The topological polar surface area (TPSA) is 43.4 Å². The molecular weight excluding hydrogens is 281 g/mol. The maximum Gasteiger partial charge on any atom is 0.451 e. The van der Waals surface area contributed by atoms with Crippen LogP contribution in [0.4, 0.5) is 13.2 Å². The third kappa shape index (κ3) is 1.66. The lowest BCUT2D eigenvalue weighted by atomic mass is 10.0. The van der Waals surface area contributed by atoms with Crippen LogP contribution in [-0.2, 0) is 14.3 Å². The zero-order valence-corrected chi connectivity index (χ0v) is 9.53. The molecule has 0 N–H and O–H groups in total. The highest BCUT2D eigenvalue weighted by molar-refractivity contribution is 9.10. The Kier molecular flexibility index (Phi) is 2.66. The molecule has 0 aromatic heterocycles. The van der Waals surface area contributed by atoms with E-state index in [-0.39, 0.29) is 6.42 Å². The zero-order valence-electron chi connectivity index (χ0n) is 7.94. The summed E-state index contributed by atoms with van der Waals surface area (Å²) in [5.41, 5.74) is -1.42. The Hall–Kier alpha value is -0.590. The van der Waals surface area contributed by atoms with Crippen molar-refractivity contribution >= 4 is 27.7 Å². The number of ether oxygens (including phenoxy) is 1. The van der Waals surface area contributed by atoms with E-state index in [0.717, 1.165) is 7.11 Å². The first kappa shape index (κ1) is 12.5. The van der Waals surface area contributed by atoms with E-state index in [0.29, 0.717) is 0 Å². The van der Waals surface area contributed by atoms with E-state index in [1.807, 2.05) is 0 Å². The Bertz CT molecular complexity index is 328. The van der Waals surface area contributed by atoms with E-state index in [4.69, 9.17) is 0 Å². The maximum atomic E-state index is 12.2. The number of hydrogen-bond donors (Lipinski definition) is 0. The lowest BCUT2D eigenvalue weighted by Gasteiger charge is -2.15. The third-order valence-electron chi connectivity index (χ3n) is 2.60. The second kappa shape index (κ2) is 3.20. The minimum absolute atomic E-state index is 0.203. The summed E-state index contributed by atoms with van der Waals surface area (Å²) in [6.07, 6.45) is -5.15. The smallest absolute Gasteiger partial charge is 0.451 e. The quantitative estimate of drug-likeness (QED) is 0.575. The summed E-state index contributed by atoms with van der Waals surface area (Å²) in [4.78, 5) is 22.2. The van der Waals surface area contributed by atoms with Gasteiger partial charge in [0, 0.05) is 0 Å². The normalized spacial score (nSPS) is 34.8. The van der Waals surface area contributed by atoms with Gasteiger partial charge >= 0.3 is 12.1 Å². The van der Waals surface area contributed by atoms with Crippen LogP contribution in [0.5, 0.6) is 0 Å². The van der Waals surface area contributed by atoms with Crippen LogP contribution >= 0.6 is 15.9 Å². The van der Waals surface area contributed by atoms with Crippen molar-refractivity contribution in [1.29, 1.82) is 0 Å². The molecule has 0 amide bonds. The first-order valence-electron chi connectivity index (χ1n) is 3.98. The van der Waals surface area contributed by atoms with Crippen LogP contribution in [0.3, 0.4) is 0 Å². The Morgan fingerprint density at radius 3 is 2.20 bits per heavy atom. The lowest BCUT2D eigenvalue weighted by Crippen LogP contribution is -2.38. The summed E-state index contributed by atoms with van der Waals surface area (Å²) in [6, 6.07) is 0. The molecule has 0 aromatic carbocycles. The summed E-state index contributed by atoms with van der Waals surface area (Å²) in [7, 11) is 1.07. The van der Waals surface area contributed by atoms with Crippen molar-refractivity contribution in [2.45, 2.75) is 23.8 Å². The largest absolute Gasteiger partial charge is 0.469 e. The van der Waals surface area contributed by atoms with Gasteiger partial charge in [-0.2, -0.15) is 13.2 Å². The number of halogens is 4. The summed E-state index contributed by atoms with van der Waals surface area (Å²) < 4.78 is 39.0. The highest BCUT2D eigenvalue weighted by Crippen LogP contribution is 2.64. The first-order valence-corrected chi connectivity index (χ1v) is 4.78. The molecule has 1 rings (SSSR count). The van der Waals surface area contributed by atoms with Crippen molar-refractivity contribution in [1.82, 2.24) is 0 Å². The van der Waals surface area contributed by atoms with Crippen LogP contribution < -0.4 is 0 Å². The number of ketones is 1. The monoisotopic (exact) mass is 288 g/mol. The summed E-state index contributed by atoms with van der Waals surface area (Å²) >= 11 is 2.68. The van der Waals surface area contributed by atoms with Gasteiger partial charge in [0.25, 0.3) is 5.78 Å². The second-order valence-corrected chi connectivity index (χ2v) is 4.98. The Balaban J connectivity index is 2.93. The predicted molar refractivity (Wildman–Crippen MR) is 47.5 cm³/mol. The van der Waals surface area contributed by atoms with E-state index in [2.05, 4.69) is 20.7 Å². The van der Waals surface area contributed by atoms with Crippen LogP contribution in [0.1, 0.15) is 13.3 Å². The van der Waals surface area contributed by atoms with E-state index in [9.17, 15) is 22.8 Å². The summed E-state index contributed by atoms with van der Waals surface area (Å²) in [5.74, 6) is -2.76. The SMILES string of the molecule is COC(=O)C1(C)CC1(Br)C(=O)C(F)(F)F. The van der Waals surface area contributed by atoms with Crippen LogP contribution in [0.2, 0.25) is 0 Å². The van der Waals surface area contributed by atoms with E-state index < -0.39 is 27.7 Å². The van der Waals surface area contributed by atoms with E-state index in [1.165, 1.54) is 6.92 Å². The van der Waals surface area contributed by atoms with Gasteiger partial charge in [0.2, 0.25) is 0 Å². The Labute approximate surface area is 92.1 Å². The molecule has 0 bridgehead atoms. The van der Waals surface area contributed by atoms with Gasteiger partial charge in [0.05, 0.1) is 12.5 Å². The molecule has 2 atom stereocenters. The van der Waals surface area contributed by atoms with E-state index in [1.54, 1.807) is 0 Å². The highest BCUT2D eigenvalue weighted by Gasteiger charge is 2.76. The van der Waals surface area contributed by atoms with Crippen molar-refractivity contribution < 1.29 is 27.5 Å². The average molecular weight is 289 g/mol. The molecule has 86 valence electrons. The fraction of sp³-hybridized carbons (Fsp3) is 0.750. The Morgan fingerprint density at radius 2 is 1.87 bits per heavy atom. The second-order valence-electron chi connectivity index (χ2n) is 3.63. The molecule has 0 aliphatic heterocycles. The van der Waals surface area contributed by atoms with Crippen LogP contribution in [0.15, 0.2) is 0 Å². The van der Waals surface area contributed by atoms with Gasteiger partial charge < -0.3 is 4.74 Å². The maximum absolute atomic E-state index is 12.2. The number of alkyl halides is 4. The van der Waals surface area contributed by atoms with Crippen molar-refractivity contribution in [3.05, 3.63) is 0 Å². The van der Waals surface area contributed by atoms with Crippen LogP contribution in [0, 0.1) is 5.41 Å². The van der Waals surface area contributed by atoms with Gasteiger partial charge in [0.15, 0.2) is 0 Å². The standard InChI is InChI=1S/C8H8BrF3O3/c1-6(5(14)15-2)3-7(6,9)4(13)8(10,11)12/h3H2,1-2H3. The Morgan fingerprint density at radius 1 is 1.40 bits per heavy atom. The van der Waals surface area contributed by atoms with Crippen molar-refractivity contribution in [3.63, 3.8) is 0 Å². The first-order chi connectivity index (χ1) is 6.59. The number of methoxy groups -OCH3 is 1. The van der Waals surface area contributed by atoms with Crippen LogP contribution in [0.25, 0.3) is 0 Å². The van der Waals surface area contributed by atoms with Gasteiger partial charge in [-0.1, -0.05) is 15.9 Å². The average Bonchev–Trinajstić information content (AvgIpc) is 2.68. The number of carbonyl (C=O) groups excluding carboxylic acids is 2. The molecule has 1 aliphatic carbocycles. The molecule has 2 unspecified atom stereocenters. The predicted octanol–water partition coefficient (Wildman–Crippen LogP) is 1.83. The fourth-order valence-corrected chi connectivity index (χ4v) is 2.41. The molecule has 0 saturated heterocycles. The molecular formula is C8H8BrF3O3. The molecule has 0 heterocycles. The highest BCUT2D eigenvalue weighted by atomic mass is 79.9. The molecule has 0 aromatic rings. The fourth-order valence-electron chi connectivity index (χ4n) is 1.46. The molecule has 3 nitrogen and oxygen atoms in total. The van der Waals surface area contributed by atoms with Gasteiger partial charge in [-0.25, -0.2) is 0 Å².